The van der Waals surface area contributed by atoms with Crippen LogP contribution in [0.4, 0.5) is 13.2 Å². The number of carbonyl (C=O) groups excluding carboxylic acids is 1. The first-order valence-electron chi connectivity index (χ1n) is 11.8. The number of nitrogens with zero attached hydrogens (tertiary/aromatic N) is 2. The fourth-order valence-electron chi connectivity index (χ4n) is 4.57. The summed E-state index contributed by atoms with van der Waals surface area (Å²) in [5.41, 5.74) is -0.896. The average molecular weight is 586 g/mol. The molecule has 2 aliphatic rings. The van der Waals surface area contributed by atoms with Gasteiger partial charge in [-0.3, -0.25) is 9.59 Å². The molecule has 2 unspecified atom stereocenters. The number of aromatic nitrogens is 1. The van der Waals surface area contributed by atoms with Crippen molar-refractivity contribution in [1.29, 1.82) is 0 Å². The zero-order valence-electron chi connectivity index (χ0n) is 20.1. The Bertz CT molecular complexity index is 1510. The molecule has 2 aromatic heterocycles. The summed E-state index contributed by atoms with van der Waals surface area (Å²) in [6.07, 6.45) is -4.77. The van der Waals surface area contributed by atoms with Crippen LogP contribution in [-0.2, 0) is 36.9 Å². The SMILES string of the molecule is O=C(Cc1ccccc1C1CC1(NS(=O)(=O)c1ccc(-c2cc(C(F)(F)F)on2)s1)C(=O)O)N1CCOCC1. The minimum Gasteiger partial charge on any atom is -0.480 e. The van der Waals surface area contributed by atoms with Crippen LogP contribution < -0.4 is 4.72 Å². The number of halogens is 3. The molecule has 0 bridgehead atoms. The Morgan fingerprint density at radius 3 is 2.56 bits per heavy atom. The molecular weight excluding hydrogens is 563 g/mol. The summed E-state index contributed by atoms with van der Waals surface area (Å²) in [5.74, 6) is -3.58. The molecule has 208 valence electrons. The first kappa shape index (κ1) is 27.3. The van der Waals surface area contributed by atoms with Gasteiger partial charge in [-0.05, 0) is 29.7 Å². The van der Waals surface area contributed by atoms with Crippen molar-refractivity contribution >= 4 is 33.2 Å². The van der Waals surface area contributed by atoms with E-state index in [0.717, 1.165) is 6.07 Å². The summed E-state index contributed by atoms with van der Waals surface area (Å²) in [4.78, 5) is 26.9. The molecule has 3 heterocycles. The molecule has 0 spiro atoms. The molecule has 1 amide bonds. The topological polar surface area (TPSA) is 139 Å². The number of morpholine rings is 1. The summed E-state index contributed by atoms with van der Waals surface area (Å²) >= 11 is 0.628. The molecule has 2 fully saturated rings. The Hall–Kier alpha value is -3.27. The van der Waals surface area contributed by atoms with Crippen molar-refractivity contribution < 1.29 is 45.5 Å². The molecule has 5 rings (SSSR count). The van der Waals surface area contributed by atoms with Gasteiger partial charge in [0, 0.05) is 25.1 Å². The largest absolute Gasteiger partial charge is 0.480 e. The number of alkyl halides is 3. The van der Waals surface area contributed by atoms with Gasteiger partial charge in [-0.2, -0.15) is 17.9 Å². The third kappa shape index (κ3) is 5.44. The molecule has 1 aliphatic carbocycles. The van der Waals surface area contributed by atoms with Crippen molar-refractivity contribution in [2.75, 3.05) is 26.3 Å². The molecule has 10 nitrogen and oxygen atoms in total. The summed E-state index contributed by atoms with van der Waals surface area (Å²) < 4.78 is 76.4. The molecule has 15 heteroatoms. The van der Waals surface area contributed by atoms with E-state index in [4.69, 9.17) is 4.74 Å². The van der Waals surface area contributed by atoms with Crippen LogP contribution in [0, 0.1) is 0 Å². The summed E-state index contributed by atoms with van der Waals surface area (Å²) in [5, 5.41) is 13.4. The van der Waals surface area contributed by atoms with Gasteiger partial charge in [-0.1, -0.05) is 29.4 Å². The average Bonchev–Trinajstić information content (AvgIpc) is 3.25. The number of hydrogen-bond donors (Lipinski definition) is 2. The number of carboxylic acid groups (broad SMARTS) is 1. The van der Waals surface area contributed by atoms with Gasteiger partial charge in [-0.15, -0.1) is 11.3 Å². The summed E-state index contributed by atoms with van der Waals surface area (Å²) in [6, 6.07) is 9.88. The lowest BCUT2D eigenvalue weighted by atomic mass is 9.97. The number of ether oxygens (including phenoxy) is 1. The molecule has 1 saturated carbocycles. The molecule has 1 aromatic carbocycles. The van der Waals surface area contributed by atoms with Gasteiger partial charge in [0.25, 0.3) is 10.0 Å². The number of nitrogens with one attached hydrogen (secondary N) is 1. The van der Waals surface area contributed by atoms with E-state index >= 15 is 0 Å². The monoisotopic (exact) mass is 585 g/mol. The number of aliphatic carboxylic acids is 1. The van der Waals surface area contributed by atoms with Gasteiger partial charge < -0.3 is 19.3 Å². The van der Waals surface area contributed by atoms with E-state index in [1.807, 2.05) is 0 Å². The Labute approximate surface area is 224 Å². The van der Waals surface area contributed by atoms with E-state index in [9.17, 15) is 36.3 Å². The minimum absolute atomic E-state index is 0.0288. The van der Waals surface area contributed by atoms with Crippen molar-refractivity contribution in [1.82, 2.24) is 14.8 Å². The quantitative estimate of drug-likeness (QED) is 0.411. The molecule has 0 radical (unpaired) electrons. The fraction of sp³-hybridized carbons (Fsp3) is 0.375. The van der Waals surface area contributed by atoms with Crippen LogP contribution in [-0.4, -0.2) is 67.3 Å². The number of sulfonamides is 1. The highest BCUT2D eigenvalue weighted by molar-refractivity contribution is 7.91. The Morgan fingerprint density at radius 1 is 1.18 bits per heavy atom. The zero-order valence-corrected chi connectivity index (χ0v) is 21.7. The number of thiophene rings is 1. The fourth-order valence-corrected chi connectivity index (χ4v) is 7.23. The second kappa shape index (κ2) is 10.0. The summed E-state index contributed by atoms with van der Waals surface area (Å²) in [7, 11) is -4.39. The van der Waals surface area contributed by atoms with Crippen LogP contribution >= 0.6 is 11.3 Å². The number of carbonyl (C=O) groups is 2. The van der Waals surface area contributed by atoms with Crippen LogP contribution in [0.15, 0.2) is 51.2 Å². The van der Waals surface area contributed by atoms with E-state index in [0.29, 0.717) is 54.8 Å². The van der Waals surface area contributed by atoms with E-state index in [1.165, 1.54) is 6.07 Å². The molecule has 2 atom stereocenters. The van der Waals surface area contributed by atoms with Crippen LogP contribution in [0.1, 0.15) is 29.2 Å². The first-order chi connectivity index (χ1) is 18.4. The third-order valence-corrected chi connectivity index (χ3v) is 9.79. The van der Waals surface area contributed by atoms with Gasteiger partial charge in [-0.25, -0.2) is 8.42 Å². The van der Waals surface area contributed by atoms with Crippen molar-refractivity contribution in [3.63, 3.8) is 0 Å². The van der Waals surface area contributed by atoms with Crippen molar-refractivity contribution in [2.45, 2.75) is 34.7 Å². The van der Waals surface area contributed by atoms with Gasteiger partial charge >= 0.3 is 12.1 Å². The number of amides is 1. The number of rotatable bonds is 8. The standard InChI is InChI=1S/C24H22F3N3O7S2/c25-24(26,27)19-12-17(28-37-19)18-5-6-21(38-18)39(34,35)29-23(22(32)33)13-16(23)15-4-2-1-3-14(15)11-20(31)30-7-9-36-10-8-30/h1-6,12,16,29H,7-11,13H2,(H,32,33). The van der Waals surface area contributed by atoms with Crippen LogP contribution in [0.3, 0.4) is 0 Å². The second-order valence-corrected chi connectivity index (χ2v) is 12.2. The van der Waals surface area contributed by atoms with E-state index in [2.05, 4.69) is 14.4 Å². The predicted molar refractivity (Wildman–Crippen MR) is 130 cm³/mol. The Kier molecular flexibility index (Phi) is 7.03. The summed E-state index contributed by atoms with van der Waals surface area (Å²) in [6.45, 7) is 1.78. The molecular formula is C24H22F3N3O7S2. The molecule has 3 aromatic rings. The first-order valence-corrected chi connectivity index (χ1v) is 14.1. The second-order valence-electron chi connectivity index (χ2n) is 9.20. The van der Waals surface area contributed by atoms with Crippen LogP contribution in [0.5, 0.6) is 0 Å². The van der Waals surface area contributed by atoms with Gasteiger partial charge in [0.05, 0.1) is 24.5 Å². The lowest BCUT2D eigenvalue weighted by Crippen LogP contribution is -2.44. The molecule has 1 saturated heterocycles. The smallest absolute Gasteiger partial charge is 0.452 e. The van der Waals surface area contributed by atoms with Gasteiger partial charge in [0.1, 0.15) is 15.4 Å². The highest BCUT2D eigenvalue weighted by Gasteiger charge is 2.64. The lowest BCUT2D eigenvalue weighted by Gasteiger charge is -2.27. The molecule has 39 heavy (non-hydrogen) atoms. The number of hydrogen-bond acceptors (Lipinski definition) is 8. The molecule has 2 N–H and O–H groups in total. The normalized spacial score (nSPS) is 21.6. The van der Waals surface area contributed by atoms with E-state index in [1.54, 1.807) is 29.2 Å². The zero-order chi connectivity index (χ0) is 28.0. The van der Waals surface area contributed by atoms with Crippen molar-refractivity contribution in [3.8, 4) is 10.6 Å². The maximum atomic E-state index is 13.2. The number of carboxylic acids is 1. The Balaban J connectivity index is 1.36. The lowest BCUT2D eigenvalue weighted by molar-refractivity contribution is -0.155. The highest BCUT2D eigenvalue weighted by Crippen LogP contribution is 2.53. The van der Waals surface area contributed by atoms with E-state index < -0.39 is 39.4 Å². The predicted octanol–water partition coefficient (Wildman–Crippen LogP) is 3.11. The maximum absolute atomic E-state index is 13.2. The highest BCUT2D eigenvalue weighted by atomic mass is 32.2. The van der Waals surface area contributed by atoms with Gasteiger partial charge in [0.15, 0.2) is 0 Å². The minimum atomic E-state index is -4.75. The Morgan fingerprint density at radius 2 is 1.90 bits per heavy atom. The maximum Gasteiger partial charge on any atom is 0.452 e. The number of benzene rings is 1. The molecule has 1 aliphatic heterocycles. The van der Waals surface area contributed by atoms with Crippen LogP contribution in [0.2, 0.25) is 0 Å². The van der Waals surface area contributed by atoms with Crippen molar-refractivity contribution in [3.05, 3.63) is 59.4 Å². The van der Waals surface area contributed by atoms with E-state index in [-0.39, 0.29) is 33.5 Å². The van der Waals surface area contributed by atoms with Crippen LogP contribution in [0.25, 0.3) is 10.6 Å². The van der Waals surface area contributed by atoms with Crippen molar-refractivity contribution in [2.24, 2.45) is 0 Å². The third-order valence-electron chi connectivity index (χ3n) is 6.68. The van der Waals surface area contributed by atoms with Gasteiger partial charge in [0.2, 0.25) is 11.7 Å².